The molecule has 0 heterocycles. The molecule has 0 unspecified atom stereocenters. The summed E-state index contributed by atoms with van der Waals surface area (Å²) in [6, 6.07) is 7.17. The molecule has 0 bridgehead atoms. The van der Waals surface area contributed by atoms with Gasteiger partial charge in [0.1, 0.15) is 5.75 Å². The Morgan fingerprint density at radius 3 is 2.42 bits per heavy atom. The van der Waals surface area contributed by atoms with E-state index in [0.29, 0.717) is 12.3 Å². The number of carbonyl (C=O) groups is 2. The first-order valence-electron chi connectivity index (χ1n) is 6.20. The lowest BCUT2D eigenvalue weighted by Gasteiger charge is -2.08. The summed E-state index contributed by atoms with van der Waals surface area (Å²) in [5.74, 6) is -0.439. The van der Waals surface area contributed by atoms with E-state index >= 15 is 0 Å². The number of ether oxygens (including phenoxy) is 1. The second kappa shape index (κ2) is 7.41. The third-order valence-electron chi connectivity index (χ3n) is 2.52. The Hall–Kier alpha value is -2.04. The number of amides is 1. The summed E-state index contributed by atoms with van der Waals surface area (Å²) >= 11 is 0. The number of nitrogens with one attached hydrogen (secondary N) is 1. The fourth-order valence-corrected chi connectivity index (χ4v) is 1.43. The van der Waals surface area contributed by atoms with Crippen molar-refractivity contribution >= 4 is 11.9 Å². The van der Waals surface area contributed by atoms with E-state index in [1.807, 2.05) is 26.0 Å². The van der Waals surface area contributed by atoms with Gasteiger partial charge in [-0.15, -0.1) is 0 Å². The average Bonchev–Trinajstić information content (AvgIpc) is 2.37. The molecule has 0 spiro atoms. The Kier molecular flexibility index (Phi) is 5.85. The molecule has 1 rings (SSSR count). The maximum absolute atomic E-state index is 11.3. The van der Waals surface area contributed by atoms with Gasteiger partial charge in [-0.2, -0.15) is 0 Å². The van der Waals surface area contributed by atoms with Crippen LogP contribution in [0.2, 0.25) is 0 Å². The van der Waals surface area contributed by atoms with E-state index in [2.05, 4.69) is 5.32 Å². The molecule has 0 aliphatic carbocycles. The lowest BCUT2D eigenvalue weighted by Crippen LogP contribution is -2.29. The molecular formula is C14H19NO4. The van der Waals surface area contributed by atoms with E-state index in [1.165, 1.54) is 0 Å². The highest BCUT2D eigenvalue weighted by Crippen LogP contribution is 2.12. The van der Waals surface area contributed by atoms with E-state index in [-0.39, 0.29) is 18.4 Å². The lowest BCUT2D eigenvalue weighted by atomic mass is 10.1. The minimum absolute atomic E-state index is 0.00760. The van der Waals surface area contributed by atoms with Gasteiger partial charge >= 0.3 is 5.97 Å². The number of hydrogen-bond acceptors (Lipinski definition) is 3. The Bertz CT molecular complexity index is 426. The van der Waals surface area contributed by atoms with Crippen LogP contribution in [0.25, 0.3) is 0 Å². The van der Waals surface area contributed by atoms with Gasteiger partial charge in [0.25, 0.3) is 0 Å². The van der Waals surface area contributed by atoms with Crippen LogP contribution in [0.15, 0.2) is 24.3 Å². The van der Waals surface area contributed by atoms with Gasteiger partial charge in [-0.25, -0.2) is 4.79 Å². The van der Waals surface area contributed by atoms with Gasteiger partial charge in [-0.05, 0) is 24.1 Å². The zero-order valence-corrected chi connectivity index (χ0v) is 11.2. The fourth-order valence-electron chi connectivity index (χ4n) is 1.43. The van der Waals surface area contributed by atoms with Gasteiger partial charge < -0.3 is 15.2 Å². The summed E-state index contributed by atoms with van der Waals surface area (Å²) in [5.41, 5.74) is 1.06. The third-order valence-corrected chi connectivity index (χ3v) is 2.52. The molecule has 0 radical (unpaired) electrons. The SMILES string of the molecule is CC(C)C(=O)NCCc1ccc(OCC(=O)O)cc1. The largest absolute Gasteiger partial charge is 0.482 e. The van der Waals surface area contributed by atoms with Crippen LogP contribution < -0.4 is 10.1 Å². The minimum atomic E-state index is -1.000. The van der Waals surface area contributed by atoms with E-state index in [1.54, 1.807) is 12.1 Å². The summed E-state index contributed by atoms with van der Waals surface area (Å²) in [5, 5.41) is 11.3. The van der Waals surface area contributed by atoms with Crippen LogP contribution in [0.4, 0.5) is 0 Å². The molecule has 2 N–H and O–H groups in total. The number of carboxylic acids is 1. The number of aliphatic carboxylic acids is 1. The quantitative estimate of drug-likeness (QED) is 0.782. The van der Waals surface area contributed by atoms with Gasteiger partial charge in [0.15, 0.2) is 6.61 Å². The number of rotatable bonds is 7. The molecule has 1 aromatic rings. The van der Waals surface area contributed by atoms with Gasteiger partial charge in [0.05, 0.1) is 0 Å². The summed E-state index contributed by atoms with van der Waals surface area (Å²) in [6.45, 7) is 3.95. The van der Waals surface area contributed by atoms with Crippen molar-refractivity contribution in [1.29, 1.82) is 0 Å². The monoisotopic (exact) mass is 265 g/mol. The number of carboxylic acid groups (broad SMARTS) is 1. The molecule has 19 heavy (non-hydrogen) atoms. The molecule has 0 aliphatic heterocycles. The van der Waals surface area contributed by atoms with Crippen molar-refractivity contribution in [3.8, 4) is 5.75 Å². The van der Waals surface area contributed by atoms with Crippen LogP contribution >= 0.6 is 0 Å². The Morgan fingerprint density at radius 1 is 1.26 bits per heavy atom. The van der Waals surface area contributed by atoms with Crippen LogP contribution in [0.3, 0.4) is 0 Å². The van der Waals surface area contributed by atoms with Crippen molar-refractivity contribution in [1.82, 2.24) is 5.32 Å². The van der Waals surface area contributed by atoms with Crippen molar-refractivity contribution in [2.75, 3.05) is 13.2 Å². The molecule has 5 nitrogen and oxygen atoms in total. The predicted molar refractivity (Wildman–Crippen MR) is 71.1 cm³/mol. The molecule has 0 fully saturated rings. The van der Waals surface area contributed by atoms with Crippen LogP contribution in [-0.2, 0) is 16.0 Å². The van der Waals surface area contributed by atoms with Crippen LogP contribution in [-0.4, -0.2) is 30.1 Å². The van der Waals surface area contributed by atoms with E-state index in [0.717, 1.165) is 12.0 Å². The number of hydrogen-bond donors (Lipinski definition) is 2. The van der Waals surface area contributed by atoms with Crippen LogP contribution in [0.1, 0.15) is 19.4 Å². The van der Waals surface area contributed by atoms with Gasteiger partial charge in [0, 0.05) is 12.5 Å². The smallest absolute Gasteiger partial charge is 0.341 e. The first kappa shape index (κ1) is 15.0. The third kappa shape index (κ3) is 5.90. The minimum Gasteiger partial charge on any atom is -0.482 e. The molecule has 0 aliphatic rings. The fraction of sp³-hybridized carbons (Fsp3) is 0.429. The summed E-state index contributed by atoms with van der Waals surface area (Å²) in [4.78, 5) is 21.7. The molecule has 0 atom stereocenters. The number of carbonyl (C=O) groups excluding carboxylic acids is 1. The topological polar surface area (TPSA) is 75.6 Å². The summed E-state index contributed by atoms with van der Waals surface area (Å²) in [6.07, 6.45) is 0.734. The molecule has 104 valence electrons. The second-order valence-electron chi connectivity index (χ2n) is 4.52. The van der Waals surface area contributed by atoms with E-state index < -0.39 is 5.97 Å². The molecule has 1 amide bonds. The second-order valence-corrected chi connectivity index (χ2v) is 4.52. The summed E-state index contributed by atoms with van der Waals surface area (Å²) in [7, 11) is 0. The van der Waals surface area contributed by atoms with Crippen LogP contribution in [0.5, 0.6) is 5.75 Å². The predicted octanol–water partition coefficient (Wildman–Crippen LogP) is 1.46. The first-order chi connectivity index (χ1) is 8.99. The van der Waals surface area contributed by atoms with Crippen LogP contribution in [0, 0.1) is 5.92 Å². The van der Waals surface area contributed by atoms with Gasteiger partial charge in [0.2, 0.25) is 5.91 Å². The maximum atomic E-state index is 11.3. The molecule has 0 saturated heterocycles. The molecule has 0 saturated carbocycles. The van der Waals surface area contributed by atoms with Gasteiger partial charge in [-0.3, -0.25) is 4.79 Å². The van der Waals surface area contributed by atoms with Crippen molar-refractivity contribution in [2.45, 2.75) is 20.3 Å². The zero-order chi connectivity index (χ0) is 14.3. The Balaban J connectivity index is 2.36. The standard InChI is InChI=1S/C14H19NO4/c1-10(2)14(18)15-8-7-11-3-5-12(6-4-11)19-9-13(16)17/h3-6,10H,7-9H2,1-2H3,(H,15,18)(H,16,17). The van der Waals surface area contributed by atoms with Crippen molar-refractivity contribution in [2.24, 2.45) is 5.92 Å². The molecule has 5 heteroatoms. The van der Waals surface area contributed by atoms with Crippen molar-refractivity contribution in [3.63, 3.8) is 0 Å². The van der Waals surface area contributed by atoms with Crippen molar-refractivity contribution in [3.05, 3.63) is 29.8 Å². The molecular weight excluding hydrogens is 246 g/mol. The maximum Gasteiger partial charge on any atom is 0.341 e. The Labute approximate surface area is 112 Å². The van der Waals surface area contributed by atoms with Crippen molar-refractivity contribution < 1.29 is 19.4 Å². The highest BCUT2D eigenvalue weighted by molar-refractivity contribution is 5.77. The molecule has 1 aromatic carbocycles. The van der Waals surface area contributed by atoms with E-state index in [4.69, 9.17) is 9.84 Å². The number of benzene rings is 1. The summed E-state index contributed by atoms with van der Waals surface area (Å²) < 4.78 is 5.03. The normalized spacial score (nSPS) is 10.3. The Morgan fingerprint density at radius 2 is 1.89 bits per heavy atom. The first-order valence-corrected chi connectivity index (χ1v) is 6.20. The van der Waals surface area contributed by atoms with Gasteiger partial charge in [-0.1, -0.05) is 26.0 Å². The molecule has 0 aromatic heterocycles. The highest BCUT2D eigenvalue weighted by atomic mass is 16.5. The van der Waals surface area contributed by atoms with E-state index in [9.17, 15) is 9.59 Å². The highest BCUT2D eigenvalue weighted by Gasteiger charge is 2.05. The lowest BCUT2D eigenvalue weighted by molar-refractivity contribution is -0.139. The zero-order valence-electron chi connectivity index (χ0n) is 11.2. The average molecular weight is 265 g/mol.